The van der Waals surface area contributed by atoms with Crippen molar-refractivity contribution in [3.63, 3.8) is 0 Å². The second-order valence-electron chi connectivity index (χ2n) is 4.75. The van der Waals surface area contributed by atoms with Crippen LogP contribution in [0, 0.1) is 0 Å². The SMILES string of the molecule is CC(NC1CCCCNC1=O)c1ccccc1Br. The maximum absolute atomic E-state index is 11.9. The lowest BCUT2D eigenvalue weighted by Gasteiger charge is -2.22. The van der Waals surface area contributed by atoms with E-state index in [0.29, 0.717) is 0 Å². The number of amides is 1. The predicted molar refractivity (Wildman–Crippen MR) is 76.3 cm³/mol. The van der Waals surface area contributed by atoms with Crippen LogP contribution in [0.25, 0.3) is 0 Å². The van der Waals surface area contributed by atoms with E-state index >= 15 is 0 Å². The number of hydrogen-bond donors (Lipinski definition) is 2. The highest BCUT2D eigenvalue weighted by molar-refractivity contribution is 9.10. The van der Waals surface area contributed by atoms with E-state index in [1.54, 1.807) is 0 Å². The van der Waals surface area contributed by atoms with Crippen molar-refractivity contribution in [3.8, 4) is 0 Å². The monoisotopic (exact) mass is 310 g/mol. The molecule has 1 aliphatic rings. The van der Waals surface area contributed by atoms with Crippen LogP contribution in [0.5, 0.6) is 0 Å². The molecular weight excluding hydrogens is 292 g/mol. The first-order valence-corrected chi connectivity index (χ1v) is 7.26. The predicted octanol–water partition coefficient (Wildman–Crippen LogP) is 2.77. The Labute approximate surface area is 116 Å². The molecule has 0 radical (unpaired) electrons. The smallest absolute Gasteiger partial charge is 0.237 e. The van der Waals surface area contributed by atoms with Crippen molar-refractivity contribution in [2.75, 3.05) is 6.54 Å². The molecule has 1 aromatic rings. The van der Waals surface area contributed by atoms with Gasteiger partial charge in [0.05, 0.1) is 6.04 Å². The lowest BCUT2D eigenvalue weighted by molar-refractivity contribution is -0.123. The molecule has 0 bridgehead atoms. The molecule has 0 saturated carbocycles. The fourth-order valence-corrected chi connectivity index (χ4v) is 2.94. The van der Waals surface area contributed by atoms with Crippen LogP contribution in [0.15, 0.2) is 28.7 Å². The van der Waals surface area contributed by atoms with E-state index in [0.717, 1.165) is 30.3 Å². The molecule has 2 N–H and O–H groups in total. The van der Waals surface area contributed by atoms with E-state index < -0.39 is 0 Å². The number of rotatable bonds is 3. The molecule has 98 valence electrons. The van der Waals surface area contributed by atoms with Gasteiger partial charge < -0.3 is 5.32 Å². The summed E-state index contributed by atoms with van der Waals surface area (Å²) in [6, 6.07) is 8.21. The number of carbonyl (C=O) groups excluding carboxylic acids is 1. The second kappa shape index (κ2) is 6.34. The van der Waals surface area contributed by atoms with Gasteiger partial charge >= 0.3 is 0 Å². The molecule has 1 heterocycles. The lowest BCUT2D eigenvalue weighted by atomic mass is 10.1. The summed E-state index contributed by atoms with van der Waals surface area (Å²) in [6.07, 6.45) is 3.09. The number of benzene rings is 1. The van der Waals surface area contributed by atoms with Gasteiger partial charge in [-0.3, -0.25) is 10.1 Å². The van der Waals surface area contributed by atoms with Crippen molar-refractivity contribution in [3.05, 3.63) is 34.3 Å². The second-order valence-corrected chi connectivity index (χ2v) is 5.60. The molecule has 18 heavy (non-hydrogen) atoms. The Morgan fingerprint density at radius 2 is 2.17 bits per heavy atom. The Balaban J connectivity index is 2.04. The first-order chi connectivity index (χ1) is 8.68. The summed E-state index contributed by atoms with van der Waals surface area (Å²) in [6.45, 7) is 2.90. The van der Waals surface area contributed by atoms with E-state index in [4.69, 9.17) is 0 Å². The first kappa shape index (κ1) is 13.6. The summed E-state index contributed by atoms with van der Waals surface area (Å²) in [4.78, 5) is 11.9. The van der Waals surface area contributed by atoms with E-state index in [1.165, 1.54) is 5.56 Å². The molecule has 1 saturated heterocycles. The van der Waals surface area contributed by atoms with E-state index in [1.807, 2.05) is 18.2 Å². The molecule has 2 rings (SSSR count). The van der Waals surface area contributed by atoms with Crippen LogP contribution in [0.4, 0.5) is 0 Å². The molecule has 1 amide bonds. The van der Waals surface area contributed by atoms with Crippen molar-refractivity contribution < 1.29 is 4.79 Å². The average molecular weight is 311 g/mol. The van der Waals surface area contributed by atoms with Gasteiger partial charge in [-0.25, -0.2) is 0 Å². The van der Waals surface area contributed by atoms with Gasteiger partial charge in [0.1, 0.15) is 0 Å². The zero-order valence-corrected chi connectivity index (χ0v) is 12.2. The van der Waals surface area contributed by atoms with Crippen LogP contribution >= 0.6 is 15.9 Å². The van der Waals surface area contributed by atoms with Gasteiger partial charge in [-0.15, -0.1) is 0 Å². The summed E-state index contributed by atoms with van der Waals surface area (Å²) in [7, 11) is 0. The van der Waals surface area contributed by atoms with Crippen LogP contribution in [0.3, 0.4) is 0 Å². The molecule has 0 spiro atoms. The van der Waals surface area contributed by atoms with Gasteiger partial charge in [0.15, 0.2) is 0 Å². The average Bonchev–Trinajstić information content (AvgIpc) is 2.55. The van der Waals surface area contributed by atoms with E-state index in [9.17, 15) is 4.79 Å². The molecule has 1 aromatic carbocycles. The fraction of sp³-hybridized carbons (Fsp3) is 0.500. The summed E-state index contributed by atoms with van der Waals surface area (Å²) < 4.78 is 1.08. The topological polar surface area (TPSA) is 41.1 Å². The molecule has 0 aliphatic carbocycles. The van der Waals surface area contributed by atoms with Gasteiger partial charge in [-0.05, 0) is 37.8 Å². The quantitative estimate of drug-likeness (QED) is 0.901. The normalized spacial score (nSPS) is 22.1. The minimum atomic E-state index is -0.0744. The van der Waals surface area contributed by atoms with Gasteiger partial charge in [0, 0.05) is 17.1 Å². The minimum absolute atomic E-state index is 0.0744. The molecular formula is C14H19BrN2O. The third-order valence-corrected chi connectivity index (χ3v) is 4.08. The maximum atomic E-state index is 11.9. The fourth-order valence-electron chi connectivity index (χ4n) is 2.32. The number of carbonyl (C=O) groups is 1. The van der Waals surface area contributed by atoms with Gasteiger partial charge in [0.25, 0.3) is 0 Å². The zero-order chi connectivity index (χ0) is 13.0. The number of hydrogen-bond acceptors (Lipinski definition) is 2. The Morgan fingerprint density at radius 1 is 1.39 bits per heavy atom. The Morgan fingerprint density at radius 3 is 2.94 bits per heavy atom. The van der Waals surface area contributed by atoms with E-state index in [2.05, 4.69) is 39.6 Å². The molecule has 0 aromatic heterocycles. The summed E-state index contributed by atoms with van der Waals surface area (Å²) in [5.74, 6) is 0.131. The van der Waals surface area contributed by atoms with Crippen molar-refractivity contribution in [1.82, 2.24) is 10.6 Å². The number of nitrogens with one attached hydrogen (secondary N) is 2. The Hall–Kier alpha value is -0.870. The standard InChI is InChI=1S/C14H19BrN2O/c1-10(11-6-2-3-7-12(11)15)17-13-8-4-5-9-16-14(13)18/h2-3,6-7,10,13,17H,4-5,8-9H2,1H3,(H,16,18). The highest BCUT2D eigenvalue weighted by atomic mass is 79.9. The van der Waals surface area contributed by atoms with Crippen LogP contribution in [0.1, 0.15) is 37.8 Å². The van der Waals surface area contributed by atoms with Gasteiger partial charge in [0.2, 0.25) is 5.91 Å². The van der Waals surface area contributed by atoms with Gasteiger partial charge in [-0.1, -0.05) is 34.1 Å². The molecule has 4 heteroatoms. The Kier molecular flexibility index (Phi) is 4.78. The van der Waals surface area contributed by atoms with Crippen molar-refractivity contribution in [1.29, 1.82) is 0 Å². The molecule has 1 fully saturated rings. The minimum Gasteiger partial charge on any atom is -0.355 e. The van der Waals surface area contributed by atoms with Crippen LogP contribution in [-0.2, 0) is 4.79 Å². The highest BCUT2D eigenvalue weighted by Crippen LogP contribution is 2.23. The maximum Gasteiger partial charge on any atom is 0.237 e. The molecule has 2 atom stereocenters. The van der Waals surface area contributed by atoms with Crippen LogP contribution in [-0.4, -0.2) is 18.5 Å². The van der Waals surface area contributed by atoms with Gasteiger partial charge in [-0.2, -0.15) is 0 Å². The molecule has 3 nitrogen and oxygen atoms in total. The molecule has 1 aliphatic heterocycles. The van der Waals surface area contributed by atoms with Crippen molar-refractivity contribution in [2.24, 2.45) is 0 Å². The molecule has 2 unspecified atom stereocenters. The highest BCUT2D eigenvalue weighted by Gasteiger charge is 2.22. The number of halogens is 1. The summed E-state index contributed by atoms with van der Waals surface area (Å²) in [5.41, 5.74) is 1.19. The lowest BCUT2D eigenvalue weighted by Crippen LogP contribution is -2.43. The summed E-state index contributed by atoms with van der Waals surface area (Å²) >= 11 is 3.55. The van der Waals surface area contributed by atoms with Crippen LogP contribution in [0.2, 0.25) is 0 Å². The Bertz CT molecular complexity index is 422. The summed E-state index contributed by atoms with van der Waals surface area (Å²) in [5, 5.41) is 6.38. The van der Waals surface area contributed by atoms with Crippen molar-refractivity contribution in [2.45, 2.75) is 38.3 Å². The van der Waals surface area contributed by atoms with Crippen LogP contribution < -0.4 is 10.6 Å². The van der Waals surface area contributed by atoms with Crippen molar-refractivity contribution >= 4 is 21.8 Å². The zero-order valence-electron chi connectivity index (χ0n) is 10.6. The van der Waals surface area contributed by atoms with E-state index in [-0.39, 0.29) is 18.0 Å². The third kappa shape index (κ3) is 3.33. The largest absolute Gasteiger partial charge is 0.355 e. The third-order valence-electron chi connectivity index (χ3n) is 3.36. The first-order valence-electron chi connectivity index (χ1n) is 6.46.